The van der Waals surface area contributed by atoms with Crippen LogP contribution in [0, 0.1) is 0 Å². The zero-order valence-electron chi connectivity index (χ0n) is 11.1. The zero-order chi connectivity index (χ0) is 15.7. The van der Waals surface area contributed by atoms with E-state index in [-0.39, 0.29) is 17.8 Å². The van der Waals surface area contributed by atoms with Gasteiger partial charge in [0.1, 0.15) is 9.84 Å². The Morgan fingerprint density at radius 3 is 2.57 bits per heavy atom. The van der Waals surface area contributed by atoms with Crippen molar-refractivity contribution in [1.82, 2.24) is 4.98 Å². The maximum Gasteiger partial charge on any atom is 0.416 e. The molecule has 0 aliphatic rings. The molecule has 0 atom stereocenters. The molecule has 0 saturated carbocycles. The minimum absolute atomic E-state index is 0.0581. The molecular weight excluding hydrogens is 305 g/mol. The second-order valence-corrected chi connectivity index (χ2v) is 6.90. The maximum atomic E-state index is 12.6. The second-order valence-electron chi connectivity index (χ2n) is 4.64. The van der Waals surface area contributed by atoms with Crippen LogP contribution in [0.2, 0.25) is 0 Å². The van der Waals surface area contributed by atoms with E-state index in [1.165, 1.54) is 12.3 Å². The van der Waals surface area contributed by atoms with Gasteiger partial charge in [0.15, 0.2) is 0 Å². The smallest absolute Gasteiger partial charge is 0.383 e. The molecule has 0 radical (unpaired) electrons. The third-order valence-corrected chi connectivity index (χ3v) is 3.80. The average molecular weight is 318 g/mol. The first-order valence-corrected chi connectivity index (χ1v) is 8.10. The van der Waals surface area contributed by atoms with Gasteiger partial charge in [0, 0.05) is 30.1 Å². The van der Waals surface area contributed by atoms with Crippen molar-refractivity contribution in [3.05, 3.63) is 36.0 Å². The number of pyridine rings is 1. The Bertz CT molecular complexity index is 758. The number of sulfone groups is 1. The predicted octanol–water partition coefficient (Wildman–Crippen LogP) is 2.71. The standard InChI is InChI=1S/C13H13F3N2O2S/c1-21(19,20)7-6-18-11-4-5-17-12-8-9(13(14,15)16)2-3-10(11)12/h2-5,8H,6-7H2,1H3,(H,17,18). The lowest BCUT2D eigenvalue weighted by Gasteiger charge is -2.11. The summed E-state index contributed by atoms with van der Waals surface area (Å²) in [6, 6.07) is 4.87. The average Bonchev–Trinajstić information content (AvgIpc) is 2.36. The number of benzene rings is 1. The van der Waals surface area contributed by atoms with Crippen LogP contribution in [0.25, 0.3) is 10.9 Å². The zero-order valence-corrected chi connectivity index (χ0v) is 11.9. The van der Waals surface area contributed by atoms with Crippen molar-refractivity contribution >= 4 is 26.4 Å². The largest absolute Gasteiger partial charge is 0.416 e. The molecule has 2 aromatic rings. The van der Waals surface area contributed by atoms with Gasteiger partial charge in [-0.25, -0.2) is 8.42 Å². The van der Waals surface area contributed by atoms with Gasteiger partial charge >= 0.3 is 6.18 Å². The Morgan fingerprint density at radius 1 is 1.24 bits per heavy atom. The number of rotatable bonds is 4. The topological polar surface area (TPSA) is 59.1 Å². The van der Waals surface area contributed by atoms with E-state index in [0.717, 1.165) is 18.4 Å². The van der Waals surface area contributed by atoms with Gasteiger partial charge in [0.05, 0.1) is 16.8 Å². The predicted molar refractivity (Wildman–Crippen MR) is 74.9 cm³/mol. The number of hydrogen-bond acceptors (Lipinski definition) is 4. The van der Waals surface area contributed by atoms with E-state index in [4.69, 9.17) is 0 Å². The highest BCUT2D eigenvalue weighted by Crippen LogP contribution is 2.32. The lowest BCUT2D eigenvalue weighted by atomic mass is 10.1. The molecule has 0 bridgehead atoms. The summed E-state index contributed by atoms with van der Waals surface area (Å²) in [7, 11) is -3.10. The van der Waals surface area contributed by atoms with E-state index in [9.17, 15) is 21.6 Å². The Balaban J connectivity index is 2.30. The van der Waals surface area contributed by atoms with Crippen molar-refractivity contribution in [1.29, 1.82) is 0 Å². The Labute approximate surface area is 119 Å². The first kappa shape index (κ1) is 15.6. The van der Waals surface area contributed by atoms with E-state index in [1.807, 2.05) is 0 Å². The number of anilines is 1. The third-order valence-electron chi connectivity index (χ3n) is 2.86. The summed E-state index contributed by atoms with van der Waals surface area (Å²) in [5.74, 6) is -0.0581. The Morgan fingerprint density at radius 2 is 1.95 bits per heavy atom. The summed E-state index contributed by atoms with van der Waals surface area (Å²) in [6.07, 6.45) is -1.92. The number of fused-ring (bicyclic) bond motifs is 1. The molecule has 1 aromatic heterocycles. The van der Waals surface area contributed by atoms with Gasteiger partial charge in [-0.1, -0.05) is 6.07 Å². The van der Waals surface area contributed by atoms with E-state index in [0.29, 0.717) is 11.1 Å². The highest BCUT2D eigenvalue weighted by molar-refractivity contribution is 7.90. The van der Waals surface area contributed by atoms with Gasteiger partial charge in [-0.3, -0.25) is 4.98 Å². The fraction of sp³-hybridized carbons (Fsp3) is 0.308. The van der Waals surface area contributed by atoms with Crippen molar-refractivity contribution in [2.24, 2.45) is 0 Å². The quantitative estimate of drug-likeness (QED) is 0.941. The van der Waals surface area contributed by atoms with Crippen LogP contribution in [0.15, 0.2) is 30.5 Å². The maximum absolute atomic E-state index is 12.6. The minimum Gasteiger partial charge on any atom is -0.383 e. The SMILES string of the molecule is CS(=O)(=O)CCNc1ccnc2cc(C(F)(F)F)ccc12. The molecule has 0 unspecified atom stereocenters. The van der Waals surface area contributed by atoms with Crippen molar-refractivity contribution in [2.45, 2.75) is 6.18 Å². The van der Waals surface area contributed by atoms with Crippen LogP contribution in [0.1, 0.15) is 5.56 Å². The number of hydrogen-bond donors (Lipinski definition) is 1. The molecule has 1 heterocycles. The molecule has 2 rings (SSSR count). The lowest BCUT2D eigenvalue weighted by Crippen LogP contribution is -2.14. The summed E-state index contributed by atoms with van der Waals surface area (Å²) < 4.78 is 60.0. The fourth-order valence-electron chi connectivity index (χ4n) is 1.85. The van der Waals surface area contributed by atoms with Gasteiger partial charge < -0.3 is 5.32 Å². The van der Waals surface area contributed by atoms with Crippen LogP contribution in [0.3, 0.4) is 0 Å². The van der Waals surface area contributed by atoms with Gasteiger partial charge in [-0.15, -0.1) is 0 Å². The van der Waals surface area contributed by atoms with Crippen molar-refractivity contribution in [3.63, 3.8) is 0 Å². The van der Waals surface area contributed by atoms with E-state index >= 15 is 0 Å². The van der Waals surface area contributed by atoms with Gasteiger partial charge in [-0.2, -0.15) is 13.2 Å². The summed E-state index contributed by atoms with van der Waals surface area (Å²) >= 11 is 0. The van der Waals surface area contributed by atoms with E-state index in [1.54, 1.807) is 6.07 Å². The molecule has 0 saturated heterocycles. The third kappa shape index (κ3) is 4.07. The highest BCUT2D eigenvalue weighted by atomic mass is 32.2. The Kier molecular flexibility index (Phi) is 4.08. The first-order valence-electron chi connectivity index (χ1n) is 6.04. The Hall–Kier alpha value is -1.83. The number of nitrogens with one attached hydrogen (secondary N) is 1. The van der Waals surface area contributed by atoms with Crippen LogP contribution in [0.4, 0.5) is 18.9 Å². The summed E-state index contributed by atoms with van der Waals surface area (Å²) in [4.78, 5) is 3.91. The molecule has 4 nitrogen and oxygen atoms in total. The number of aromatic nitrogens is 1. The first-order chi connectivity index (χ1) is 9.67. The second kappa shape index (κ2) is 5.51. The van der Waals surface area contributed by atoms with Crippen LogP contribution in [-0.4, -0.2) is 32.0 Å². The van der Waals surface area contributed by atoms with Crippen LogP contribution in [-0.2, 0) is 16.0 Å². The molecule has 1 aromatic carbocycles. The molecular formula is C13H13F3N2O2S. The van der Waals surface area contributed by atoms with Gasteiger partial charge in [0.25, 0.3) is 0 Å². The molecule has 0 amide bonds. The number of nitrogens with zero attached hydrogens (tertiary/aromatic N) is 1. The number of halogens is 3. The molecule has 0 fully saturated rings. The summed E-state index contributed by atoms with van der Waals surface area (Å²) in [5.41, 5.74) is -0.0117. The minimum atomic E-state index is -4.42. The molecule has 8 heteroatoms. The van der Waals surface area contributed by atoms with E-state index in [2.05, 4.69) is 10.3 Å². The molecule has 21 heavy (non-hydrogen) atoms. The van der Waals surface area contributed by atoms with Crippen molar-refractivity contribution in [3.8, 4) is 0 Å². The lowest BCUT2D eigenvalue weighted by molar-refractivity contribution is -0.137. The molecule has 1 N–H and O–H groups in total. The highest BCUT2D eigenvalue weighted by Gasteiger charge is 2.30. The monoisotopic (exact) mass is 318 g/mol. The van der Waals surface area contributed by atoms with Crippen LogP contribution >= 0.6 is 0 Å². The summed E-state index contributed by atoms with van der Waals surface area (Å²) in [6.45, 7) is 0.180. The normalized spacial score (nSPS) is 12.6. The van der Waals surface area contributed by atoms with Crippen molar-refractivity contribution < 1.29 is 21.6 Å². The molecule has 114 valence electrons. The molecule has 0 aliphatic heterocycles. The van der Waals surface area contributed by atoms with Crippen LogP contribution < -0.4 is 5.32 Å². The van der Waals surface area contributed by atoms with E-state index < -0.39 is 21.6 Å². The van der Waals surface area contributed by atoms with Gasteiger partial charge in [0.2, 0.25) is 0 Å². The summed E-state index contributed by atoms with van der Waals surface area (Å²) in [5, 5.41) is 3.41. The van der Waals surface area contributed by atoms with Crippen molar-refractivity contribution in [2.75, 3.05) is 23.9 Å². The van der Waals surface area contributed by atoms with Crippen LogP contribution in [0.5, 0.6) is 0 Å². The molecule has 0 aliphatic carbocycles. The molecule has 0 spiro atoms. The number of alkyl halides is 3. The fourth-order valence-corrected chi connectivity index (χ4v) is 2.32. The van der Waals surface area contributed by atoms with Gasteiger partial charge in [-0.05, 0) is 18.2 Å².